The average molecular weight is 409 g/mol. The predicted molar refractivity (Wildman–Crippen MR) is 123 cm³/mol. The third kappa shape index (κ3) is 5.08. The zero-order chi connectivity index (χ0) is 21.5. The molecule has 154 valence electrons. The Balaban J connectivity index is 1.57. The smallest absolute Gasteiger partial charge is 0.257 e. The van der Waals surface area contributed by atoms with E-state index in [0.717, 1.165) is 27.6 Å². The number of hydrogen-bond donors (Lipinski definition) is 3. The molecule has 31 heavy (non-hydrogen) atoms. The van der Waals surface area contributed by atoms with E-state index in [1.165, 1.54) is 0 Å². The lowest BCUT2D eigenvalue weighted by Gasteiger charge is -2.10. The summed E-state index contributed by atoms with van der Waals surface area (Å²) in [5.74, 6) is -0.834. The van der Waals surface area contributed by atoms with Crippen LogP contribution in [-0.2, 0) is 22.7 Å². The van der Waals surface area contributed by atoms with Crippen molar-refractivity contribution in [2.45, 2.75) is 13.1 Å². The Morgan fingerprint density at radius 3 is 1.81 bits per heavy atom. The van der Waals surface area contributed by atoms with E-state index in [4.69, 9.17) is 0 Å². The second-order valence-electron chi connectivity index (χ2n) is 7.18. The van der Waals surface area contributed by atoms with Crippen molar-refractivity contribution in [3.63, 3.8) is 0 Å². The molecule has 0 radical (unpaired) electrons. The number of carbonyl (C=O) groups excluding carboxylic acids is 2. The molecule has 0 atom stereocenters. The van der Waals surface area contributed by atoms with Crippen molar-refractivity contribution in [2.24, 2.45) is 0 Å². The molecule has 0 aliphatic carbocycles. The van der Waals surface area contributed by atoms with Gasteiger partial charge in [0, 0.05) is 35.8 Å². The Hall–Kier alpha value is -4.12. The number of fused-ring (bicyclic) bond motifs is 1. The summed E-state index contributed by atoms with van der Waals surface area (Å²) in [7, 11) is 0. The van der Waals surface area contributed by atoms with Crippen LogP contribution in [0.25, 0.3) is 17.0 Å². The van der Waals surface area contributed by atoms with Crippen LogP contribution in [0.5, 0.6) is 0 Å². The fourth-order valence-electron chi connectivity index (χ4n) is 3.35. The van der Waals surface area contributed by atoms with Gasteiger partial charge in [0.2, 0.25) is 0 Å². The molecule has 4 aromatic rings. The van der Waals surface area contributed by atoms with Crippen molar-refractivity contribution in [3.8, 4) is 0 Å². The number of amides is 2. The van der Waals surface area contributed by atoms with E-state index in [1.54, 1.807) is 12.3 Å². The fourth-order valence-corrected chi connectivity index (χ4v) is 3.35. The van der Waals surface area contributed by atoms with Crippen LogP contribution in [0.15, 0.2) is 96.7 Å². The molecule has 3 N–H and O–H groups in total. The van der Waals surface area contributed by atoms with Crippen LogP contribution in [0.2, 0.25) is 0 Å². The molecule has 0 aliphatic rings. The van der Waals surface area contributed by atoms with Crippen molar-refractivity contribution >= 4 is 28.8 Å². The quantitative estimate of drug-likeness (QED) is 0.243. The van der Waals surface area contributed by atoms with Gasteiger partial charge in [-0.15, -0.1) is 0 Å². The third-order valence-corrected chi connectivity index (χ3v) is 5.00. The molecule has 1 aromatic heterocycles. The molecule has 0 saturated heterocycles. The fraction of sp³-hybridized carbons (Fsp3) is 0.0769. The summed E-state index contributed by atoms with van der Waals surface area (Å²) in [6.45, 7) is 0.688. The molecule has 1 heterocycles. The number of hydrogen-bond acceptors (Lipinski definition) is 2. The van der Waals surface area contributed by atoms with Crippen LogP contribution in [-0.4, -0.2) is 16.8 Å². The first-order chi connectivity index (χ1) is 15.2. The van der Waals surface area contributed by atoms with Gasteiger partial charge >= 0.3 is 0 Å². The second-order valence-corrected chi connectivity index (χ2v) is 7.18. The topological polar surface area (TPSA) is 74.0 Å². The number of rotatable bonds is 7. The van der Waals surface area contributed by atoms with Crippen molar-refractivity contribution in [1.82, 2.24) is 15.6 Å². The van der Waals surface area contributed by atoms with Crippen LogP contribution in [0.1, 0.15) is 16.7 Å². The summed E-state index contributed by atoms with van der Waals surface area (Å²) in [6.07, 6.45) is 3.44. The molecule has 0 spiro atoms. The molecular weight excluding hydrogens is 386 g/mol. The standard InChI is InChI=1S/C26H23N3O2/c30-25(28-16-19-9-3-1-4-10-19)23(26(31)29-17-20-11-5-2-6-12-20)15-21-18-27-24-14-8-7-13-22(21)24/h1-15,18,27H,16-17H2,(H,28,30)(H,29,31). The minimum Gasteiger partial charge on any atom is -0.361 e. The lowest BCUT2D eigenvalue weighted by Crippen LogP contribution is -2.34. The number of aromatic nitrogens is 1. The number of carbonyl (C=O) groups is 2. The van der Waals surface area contributed by atoms with Crippen molar-refractivity contribution in [2.75, 3.05) is 0 Å². The SMILES string of the molecule is O=C(NCc1ccccc1)C(=Cc1c[nH]c2ccccc12)C(=O)NCc1ccccc1. The third-order valence-electron chi connectivity index (χ3n) is 5.00. The lowest BCUT2D eigenvalue weighted by molar-refractivity contribution is -0.123. The monoisotopic (exact) mass is 409 g/mol. The second kappa shape index (κ2) is 9.59. The summed E-state index contributed by atoms with van der Waals surface area (Å²) in [6, 6.07) is 27.0. The first kappa shape index (κ1) is 20.2. The minimum atomic E-state index is -0.417. The van der Waals surface area contributed by atoms with E-state index in [2.05, 4.69) is 15.6 Å². The Morgan fingerprint density at radius 2 is 1.23 bits per heavy atom. The predicted octanol–water partition coefficient (Wildman–Crippen LogP) is 4.18. The van der Waals surface area contributed by atoms with Gasteiger partial charge in [0.1, 0.15) is 5.57 Å². The zero-order valence-corrected chi connectivity index (χ0v) is 17.0. The van der Waals surface area contributed by atoms with Crippen molar-refractivity contribution in [3.05, 3.63) is 113 Å². The summed E-state index contributed by atoms with van der Waals surface area (Å²) in [5, 5.41) is 6.67. The highest BCUT2D eigenvalue weighted by Crippen LogP contribution is 2.20. The molecule has 0 fully saturated rings. The largest absolute Gasteiger partial charge is 0.361 e. The Bertz CT molecular complexity index is 1150. The Morgan fingerprint density at radius 1 is 0.710 bits per heavy atom. The molecular formula is C26H23N3O2. The molecule has 0 unspecified atom stereocenters. The summed E-state index contributed by atoms with van der Waals surface area (Å²) >= 11 is 0. The molecule has 5 heteroatoms. The van der Waals surface area contributed by atoms with Gasteiger partial charge in [-0.25, -0.2) is 0 Å². The summed E-state index contributed by atoms with van der Waals surface area (Å²) < 4.78 is 0. The molecule has 0 aliphatic heterocycles. The van der Waals surface area contributed by atoms with Gasteiger partial charge in [0.15, 0.2) is 0 Å². The van der Waals surface area contributed by atoms with E-state index < -0.39 is 11.8 Å². The van der Waals surface area contributed by atoms with Crippen molar-refractivity contribution < 1.29 is 9.59 Å². The average Bonchev–Trinajstić information content (AvgIpc) is 3.23. The lowest BCUT2D eigenvalue weighted by atomic mass is 10.1. The Kier molecular flexibility index (Phi) is 6.24. The van der Waals surface area contributed by atoms with Gasteiger partial charge in [-0.1, -0.05) is 78.9 Å². The highest BCUT2D eigenvalue weighted by atomic mass is 16.2. The number of nitrogens with one attached hydrogen (secondary N) is 3. The molecule has 4 rings (SSSR count). The van der Waals surface area contributed by atoms with Crippen LogP contribution < -0.4 is 10.6 Å². The van der Waals surface area contributed by atoms with Gasteiger partial charge < -0.3 is 15.6 Å². The first-order valence-corrected chi connectivity index (χ1v) is 10.1. The van der Waals surface area contributed by atoms with Gasteiger partial charge in [0.25, 0.3) is 11.8 Å². The van der Waals surface area contributed by atoms with E-state index >= 15 is 0 Å². The summed E-state index contributed by atoms with van der Waals surface area (Å²) in [4.78, 5) is 29.1. The maximum Gasteiger partial charge on any atom is 0.257 e. The number of H-pyrrole nitrogens is 1. The van der Waals surface area contributed by atoms with Gasteiger partial charge in [-0.2, -0.15) is 0 Å². The Labute approximate surface area is 180 Å². The van der Waals surface area contributed by atoms with Crippen LogP contribution in [0.4, 0.5) is 0 Å². The van der Waals surface area contributed by atoms with E-state index in [0.29, 0.717) is 13.1 Å². The number of aromatic amines is 1. The van der Waals surface area contributed by atoms with E-state index in [9.17, 15) is 9.59 Å². The maximum absolute atomic E-state index is 13.0. The minimum absolute atomic E-state index is 0.0663. The molecule has 0 saturated carbocycles. The first-order valence-electron chi connectivity index (χ1n) is 10.1. The van der Waals surface area contributed by atoms with Gasteiger partial charge in [0.05, 0.1) is 0 Å². The molecule has 0 bridgehead atoms. The highest BCUT2D eigenvalue weighted by Gasteiger charge is 2.19. The summed E-state index contributed by atoms with van der Waals surface area (Å²) in [5.41, 5.74) is 3.73. The van der Waals surface area contributed by atoms with Crippen molar-refractivity contribution in [1.29, 1.82) is 0 Å². The normalized spacial score (nSPS) is 10.5. The van der Waals surface area contributed by atoms with Gasteiger partial charge in [-0.3, -0.25) is 9.59 Å². The van der Waals surface area contributed by atoms with Crippen LogP contribution in [0, 0.1) is 0 Å². The number of benzene rings is 3. The molecule has 5 nitrogen and oxygen atoms in total. The van der Waals surface area contributed by atoms with Crippen LogP contribution in [0.3, 0.4) is 0 Å². The zero-order valence-electron chi connectivity index (χ0n) is 17.0. The van der Waals surface area contributed by atoms with Gasteiger partial charge in [-0.05, 0) is 23.3 Å². The molecule has 3 aromatic carbocycles. The number of para-hydroxylation sites is 1. The van der Waals surface area contributed by atoms with Crippen LogP contribution >= 0.6 is 0 Å². The molecule has 2 amide bonds. The van der Waals surface area contributed by atoms with E-state index in [1.807, 2.05) is 84.9 Å². The van der Waals surface area contributed by atoms with E-state index in [-0.39, 0.29) is 5.57 Å². The highest BCUT2D eigenvalue weighted by molar-refractivity contribution is 6.22. The maximum atomic E-state index is 13.0.